The second-order valence-corrected chi connectivity index (χ2v) is 8.84. The molecule has 1 unspecified atom stereocenters. The minimum atomic E-state index is -0.359. The predicted molar refractivity (Wildman–Crippen MR) is 131 cm³/mol. The van der Waals surface area contributed by atoms with Gasteiger partial charge in [-0.05, 0) is 68.3 Å². The molecule has 3 N–H and O–H groups in total. The first kappa shape index (κ1) is 23.4. The van der Waals surface area contributed by atoms with Crippen molar-refractivity contribution < 1.29 is 19.1 Å². The molecule has 2 heterocycles. The van der Waals surface area contributed by atoms with Gasteiger partial charge in [-0.1, -0.05) is 0 Å². The summed E-state index contributed by atoms with van der Waals surface area (Å²) in [5.74, 6) is 0.0889. The molecule has 0 aliphatic carbocycles. The Morgan fingerprint density at radius 3 is 2.62 bits per heavy atom. The average molecular weight is 463 g/mol. The Morgan fingerprint density at radius 2 is 1.94 bits per heavy atom. The van der Waals surface area contributed by atoms with Crippen LogP contribution in [0.5, 0.6) is 5.75 Å². The minimum absolute atomic E-state index is 0.00828. The number of aromatic amines is 1. The van der Waals surface area contributed by atoms with E-state index in [1.54, 1.807) is 36.3 Å². The van der Waals surface area contributed by atoms with E-state index in [4.69, 9.17) is 4.74 Å². The molecule has 1 aliphatic heterocycles. The molecule has 4 rings (SSSR count). The molecule has 1 fully saturated rings. The van der Waals surface area contributed by atoms with Gasteiger partial charge in [0, 0.05) is 53.9 Å². The van der Waals surface area contributed by atoms with Gasteiger partial charge in [-0.3, -0.25) is 14.4 Å². The third-order valence-electron chi connectivity index (χ3n) is 6.22. The van der Waals surface area contributed by atoms with Crippen molar-refractivity contribution in [3.05, 3.63) is 59.8 Å². The van der Waals surface area contributed by atoms with Crippen molar-refractivity contribution in [3.63, 3.8) is 0 Å². The molecule has 3 aromatic rings. The van der Waals surface area contributed by atoms with Crippen LogP contribution in [0.2, 0.25) is 0 Å². The van der Waals surface area contributed by atoms with E-state index in [1.807, 2.05) is 38.2 Å². The summed E-state index contributed by atoms with van der Waals surface area (Å²) in [5.41, 5.74) is 3.25. The summed E-state index contributed by atoms with van der Waals surface area (Å²) >= 11 is 0. The number of anilines is 1. The van der Waals surface area contributed by atoms with Crippen molar-refractivity contribution >= 4 is 34.3 Å². The first-order chi connectivity index (χ1) is 16.4. The zero-order chi connectivity index (χ0) is 24.2. The number of aromatic nitrogens is 1. The number of hydrogen-bond acceptors (Lipinski definition) is 4. The average Bonchev–Trinajstić information content (AvgIpc) is 3.42. The zero-order valence-electron chi connectivity index (χ0n) is 19.7. The molecule has 1 aromatic heterocycles. The maximum atomic E-state index is 12.6. The Hall–Kier alpha value is -3.81. The minimum Gasteiger partial charge on any atom is -0.497 e. The van der Waals surface area contributed by atoms with Gasteiger partial charge in [-0.15, -0.1) is 0 Å². The molecule has 0 bridgehead atoms. The van der Waals surface area contributed by atoms with E-state index >= 15 is 0 Å². The van der Waals surface area contributed by atoms with Crippen LogP contribution in [0, 0.1) is 5.92 Å². The van der Waals surface area contributed by atoms with E-state index in [0.717, 1.165) is 22.2 Å². The van der Waals surface area contributed by atoms with Crippen LogP contribution in [0.15, 0.2) is 48.7 Å². The predicted octanol–water partition coefficient (Wildman–Crippen LogP) is 3.34. The molecule has 1 saturated heterocycles. The van der Waals surface area contributed by atoms with Gasteiger partial charge in [0.2, 0.25) is 11.8 Å². The van der Waals surface area contributed by atoms with Crippen LogP contribution < -0.4 is 15.4 Å². The molecule has 0 saturated carbocycles. The second-order valence-electron chi connectivity index (χ2n) is 8.84. The Labute approximate surface area is 198 Å². The fourth-order valence-corrected chi connectivity index (χ4v) is 4.26. The number of methoxy groups -OCH3 is 1. The number of amides is 3. The zero-order valence-corrected chi connectivity index (χ0v) is 19.7. The molecule has 8 nitrogen and oxygen atoms in total. The molecular formula is C26H30N4O4. The molecule has 2 aromatic carbocycles. The van der Waals surface area contributed by atoms with Gasteiger partial charge in [0.25, 0.3) is 5.91 Å². The van der Waals surface area contributed by atoms with E-state index in [-0.39, 0.29) is 36.1 Å². The number of hydrogen-bond donors (Lipinski definition) is 3. The highest BCUT2D eigenvalue weighted by Gasteiger charge is 2.35. The van der Waals surface area contributed by atoms with Crippen molar-refractivity contribution in [2.45, 2.75) is 32.7 Å². The Kier molecular flexibility index (Phi) is 6.86. The summed E-state index contributed by atoms with van der Waals surface area (Å²) in [6.07, 6.45) is 2.86. The third kappa shape index (κ3) is 5.06. The number of carbonyl (C=O) groups excluding carboxylic acids is 3. The number of carbonyl (C=O) groups is 3. The highest BCUT2D eigenvalue weighted by molar-refractivity contribution is 5.98. The highest BCUT2D eigenvalue weighted by atomic mass is 16.5. The van der Waals surface area contributed by atoms with Crippen LogP contribution in [0.3, 0.4) is 0 Å². The Bertz CT molecular complexity index is 1200. The van der Waals surface area contributed by atoms with Crippen LogP contribution in [-0.4, -0.2) is 53.8 Å². The first-order valence-electron chi connectivity index (χ1n) is 11.5. The summed E-state index contributed by atoms with van der Waals surface area (Å²) in [6, 6.07) is 12.7. The molecule has 178 valence electrons. The van der Waals surface area contributed by atoms with Gasteiger partial charge in [-0.25, -0.2) is 0 Å². The summed E-state index contributed by atoms with van der Waals surface area (Å²) in [6.45, 7) is 4.81. The fraction of sp³-hybridized carbons (Fsp3) is 0.346. The molecule has 1 atom stereocenters. The van der Waals surface area contributed by atoms with Gasteiger partial charge in [0.1, 0.15) is 5.75 Å². The van der Waals surface area contributed by atoms with Crippen molar-refractivity contribution in [3.8, 4) is 5.75 Å². The van der Waals surface area contributed by atoms with Gasteiger partial charge in [-0.2, -0.15) is 0 Å². The molecule has 1 aliphatic rings. The number of H-pyrrole nitrogens is 1. The Balaban J connectivity index is 1.29. The molecule has 8 heteroatoms. The summed E-state index contributed by atoms with van der Waals surface area (Å²) in [5, 5.41) is 6.87. The number of fused-ring (bicyclic) bond motifs is 1. The molecule has 34 heavy (non-hydrogen) atoms. The van der Waals surface area contributed by atoms with Crippen LogP contribution in [0.4, 0.5) is 5.69 Å². The van der Waals surface area contributed by atoms with E-state index in [0.29, 0.717) is 30.8 Å². The van der Waals surface area contributed by atoms with Gasteiger partial charge in [0.05, 0.1) is 13.0 Å². The monoisotopic (exact) mass is 462 g/mol. The molecular weight excluding hydrogens is 432 g/mol. The van der Waals surface area contributed by atoms with Crippen LogP contribution in [0.1, 0.15) is 36.2 Å². The van der Waals surface area contributed by atoms with Crippen molar-refractivity contribution in [1.82, 2.24) is 15.2 Å². The van der Waals surface area contributed by atoms with Crippen LogP contribution in [0.25, 0.3) is 10.9 Å². The van der Waals surface area contributed by atoms with Crippen LogP contribution >= 0.6 is 0 Å². The lowest BCUT2D eigenvalue weighted by Gasteiger charge is -2.20. The van der Waals surface area contributed by atoms with Gasteiger partial charge < -0.3 is 25.3 Å². The smallest absolute Gasteiger partial charge is 0.251 e. The normalized spacial score (nSPS) is 15.7. The van der Waals surface area contributed by atoms with E-state index < -0.39 is 0 Å². The number of nitrogens with zero attached hydrogens (tertiary/aromatic N) is 1. The van der Waals surface area contributed by atoms with Crippen molar-refractivity contribution in [2.24, 2.45) is 5.92 Å². The highest BCUT2D eigenvalue weighted by Crippen LogP contribution is 2.24. The summed E-state index contributed by atoms with van der Waals surface area (Å²) in [7, 11) is 1.64. The first-order valence-corrected chi connectivity index (χ1v) is 11.5. The number of benzene rings is 2. The van der Waals surface area contributed by atoms with Gasteiger partial charge in [0.15, 0.2) is 0 Å². The number of rotatable bonds is 8. The van der Waals surface area contributed by atoms with Crippen LogP contribution in [-0.2, 0) is 16.0 Å². The number of ether oxygens (including phenoxy) is 1. The Morgan fingerprint density at radius 1 is 1.18 bits per heavy atom. The van der Waals surface area contributed by atoms with Gasteiger partial charge >= 0.3 is 0 Å². The molecule has 0 radical (unpaired) electrons. The number of nitrogens with one attached hydrogen (secondary N) is 3. The fourth-order valence-electron chi connectivity index (χ4n) is 4.26. The SMILES string of the molecule is COc1ccc2[nH]cc(CCNC(=O)c3ccc(NC(=O)C4CC(=O)N(C(C)C)C4)cc3)c2c1. The number of likely N-dealkylation sites (tertiary alicyclic amines) is 1. The lowest BCUT2D eigenvalue weighted by atomic mass is 10.1. The molecule has 3 amide bonds. The largest absolute Gasteiger partial charge is 0.497 e. The van der Waals surface area contributed by atoms with Crippen molar-refractivity contribution in [2.75, 3.05) is 25.5 Å². The van der Waals surface area contributed by atoms with Crippen molar-refractivity contribution in [1.29, 1.82) is 0 Å². The quantitative estimate of drug-likeness (QED) is 0.478. The topological polar surface area (TPSA) is 104 Å². The third-order valence-corrected chi connectivity index (χ3v) is 6.22. The maximum absolute atomic E-state index is 12.6. The summed E-state index contributed by atoms with van der Waals surface area (Å²) in [4.78, 5) is 42.1. The van der Waals surface area contributed by atoms with E-state index in [1.165, 1.54) is 0 Å². The second kappa shape index (κ2) is 9.99. The molecule has 0 spiro atoms. The maximum Gasteiger partial charge on any atom is 0.251 e. The van der Waals surface area contributed by atoms with E-state index in [2.05, 4.69) is 15.6 Å². The van der Waals surface area contributed by atoms with E-state index in [9.17, 15) is 14.4 Å². The standard InChI is InChI=1S/C26H30N4O4/c1-16(2)30-15-19(12-24(30)31)26(33)29-20-6-4-17(5-7-20)25(32)27-11-10-18-14-28-23-9-8-21(34-3)13-22(18)23/h4-9,13-14,16,19,28H,10-12,15H2,1-3H3,(H,27,32)(H,29,33). The summed E-state index contributed by atoms with van der Waals surface area (Å²) < 4.78 is 5.30. The lowest BCUT2D eigenvalue weighted by Crippen LogP contribution is -2.33. The lowest BCUT2D eigenvalue weighted by molar-refractivity contribution is -0.129.